The molecule has 0 aliphatic carbocycles. The molecule has 1 fully saturated rings. The van der Waals surface area contributed by atoms with Gasteiger partial charge in [-0.25, -0.2) is 4.79 Å². The van der Waals surface area contributed by atoms with E-state index in [0.29, 0.717) is 27.0 Å². The number of benzene rings is 1. The van der Waals surface area contributed by atoms with Crippen molar-refractivity contribution in [2.75, 3.05) is 12.9 Å². The Hall–Kier alpha value is -2.13. The lowest BCUT2D eigenvalue weighted by Crippen LogP contribution is -2.19. The van der Waals surface area contributed by atoms with Crippen LogP contribution in [-0.2, 0) is 4.79 Å². The summed E-state index contributed by atoms with van der Waals surface area (Å²) < 4.78 is 10.9. The largest absolute Gasteiger partial charge is 0.493 e. The zero-order valence-electron chi connectivity index (χ0n) is 10.8. The second-order valence-corrected chi connectivity index (χ2v) is 5.93. The fourth-order valence-electron chi connectivity index (χ4n) is 1.72. The molecule has 9 heteroatoms. The van der Waals surface area contributed by atoms with Gasteiger partial charge in [-0.1, -0.05) is 23.1 Å². The first kappa shape index (κ1) is 13.8. The highest BCUT2D eigenvalue weighted by atomic mass is 32.2. The third-order valence-electron chi connectivity index (χ3n) is 2.58. The van der Waals surface area contributed by atoms with Crippen molar-refractivity contribution in [2.45, 2.75) is 0 Å². The Morgan fingerprint density at radius 1 is 1.43 bits per heavy atom. The third-order valence-corrected chi connectivity index (χ3v) is 4.22. The van der Waals surface area contributed by atoms with E-state index < -0.39 is 0 Å². The Labute approximate surface area is 126 Å². The molecule has 108 valence electrons. The molecule has 0 radical (unpaired) electrons. The van der Waals surface area contributed by atoms with E-state index in [1.807, 2.05) is 0 Å². The van der Waals surface area contributed by atoms with Gasteiger partial charge in [-0.05, 0) is 17.7 Å². The van der Waals surface area contributed by atoms with Crippen LogP contribution in [0, 0.1) is 0 Å². The average Bonchev–Trinajstić information content (AvgIpc) is 3.03. The maximum Gasteiger partial charge on any atom is 0.396 e. The van der Waals surface area contributed by atoms with Crippen LogP contribution in [0.15, 0.2) is 31.5 Å². The maximum absolute atomic E-state index is 11.3. The number of methoxy groups -OCH3 is 1. The van der Waals surface area contributed by atoms with Gasteiger partial charge in [-0.15, -0.1) is 5.10 Å². The molecule has 1 amide bonds. The predicted octanol–water partition coefficient (Wildman–Crippen LogP) is 1.42. The Morgan fingerprint density at radius 2 is 2.29 bits per heavy atom. The zero-order valence-corrected chi connectivity index (χ0v) is 12.4. The number of thioether (sulfide) groups is 1. The van der Waals surface area contributed by atoms with Crippen molar-refractivity contribution in [1.82, 2.24) is 5.32 Å². The molecule has 0 saturated carbocycles. The van der Waals surface area contributed by atoms with Crippen LogP contribution >= 0.6 is 23.1 Å². The smallest absolute Gasteiger partial charge is 0.396 e. The fraction of sp³-hybridized carbons (Fsp3) is 0.167. The number of nitrogens with one attached hydrogen (secondary N) is 1. The predicted molar refractivity (Wildman–Crippen MR) is 82.5 cm³/mol. The number of rotatable bonds is 3. The highest BCUT2D eigenvalue weighted by Crippen LogP contribution is 2.28. The summed E-state index contributed by atoms with van der Waals surface area (Å²) in [5, 5.41) is 10.9. The summed E-state index contributed by atoms with van der Waals surface area (Å²) in [6.07, 6.45) is 1.52. The first-order valence-electron chi connectivity index (χ1n) is 5.81. The molecule has 1 saturated heterocycles. The van der Waals surface area contributed by atoms with Crippen LogP contribution in [-0.4, -0.2) is 30.2 Å². The molecule has 0 bridgehead atoms. The van der Waals surface area contributed by atoms with Gasteiger partial charge < -0.3 is 14.5 Å². The zero-order chi connectivity index (χ0) is 14.8. The molecule has 0 atom stereocenters. The van der Waals surface area contributed by atoms with E-state index in [0.717, 1.165) is 16.9 Å². The van der Waals surface area contributed by atoms with Gasteiger partial charge in [0.1, 0.15) is 0 Å². The summed E-state index contributed by atoms with van der Waals surface area (Å²) >= 11 is 2.29. The quantitative estimate of drug-likeness (QED) is 0.681. The van der Waals surface area contributed by atoms with Crippen LogP contribution in [0.4, 0.5) is 0 Å². The van der Waals surface area contributed by atoms with Crippen molar-refractivity contribution in [1.29, 1.82) is 0 Å². The summed E-state index contributed by atoms with van der Waals surface area (Å²) in [5.74, 6) is 0.737. The van der Waals surface area contributed by atoms with E-state index in [9.17, 15) is 9.59 Å². The first-order valence-corrected chi connectivity index (χ1v) is 7.61. The lowest BCUT2D eigenvalue weighted by Gasteiger charge is -2.00. The van der Waals surface area contributed by atoms with Crippen LogP contribution in [0.25, 0.3) is 10.3 Å². The summed E-state index contributed by atoms with van der Waals surface area (Å²) in [5.41, 5.74) is 1.14. The molecule has 1 aromatic heterocycles. The lowest BCUT2D eigenvalue weighted by atomic mass is 10.2. The minimum atomic E-state index is -0.386. The van der Waals surface area contributed by atoms with Crippen molar-refractivity contribution >= 4 is 50.7 Å². The van der Waals surface area contributed by atoms with Crippen molar-refractivity contribution < 1.29 is 13.9 Å². The molecule has 0 spiro atoms. The number of fused-ring (bicyclic) bond motifs is 1. The minimum Gasteiger partial charge on any atom is -0.493 e. The molecule has 7 nitrogen and oxygen atoms in total. The molecule has 2 heterocycles. The Bertz CT molecular complexity index is 822. The number of hydrogen-bond donors (Lipinski definition) is 1. The number of carbonyl (C=O) groups excluding carboxylic acids is 1. The Kier molecular flexibility index (Phi) is 3.76. The van der Waals surface area contributed by atoms with Crippen molar-refractivity contribution in [3.05, 3.63) is 27.4 Å². The molecule has 21 heavy (non-hydrogen) atoms. The summed E-state index contributed by atoms with van der Waals surface area (Å²) in [6, 6.07) is 3.46. The van der Waals surface area contributed by atoms with Crippen LogP contribution in [0.3, 0.4) is 0 Å². The van der Waals surface area contributed by atoms with Gasteiger partial charge in [0.05, 0.1) is 23.8 Å². The normalized spacial score (nSPS) is 17.0. The van der Waals surface area contributed by atoms with Gasteiger partial charge in [0, 0.05) is 0 Å². The molecule has 3 rings (SSSR count). The van der Waals surface area contributed by atoms with Crippen LogP contribution < -0.4 is 15.0 Å². The van der Waals surface area contributed by atoms with Crippen LogP contribution in [0.5, 0.6) is 5.75 Å². The number of amidine groups is 1. The summed E-state index contributed by atoms with van der Waals surface area (Å²) in [7, 11) is 1.50. The van der Waals surface area contributed by atoms with Gasteiger partial charge in [0.25, 0.3) is 0 Å². The first-order chi connectivity index (χ1) is 10.2. The molecular weight excluding hydrogens is 314 g/mol. The number of ether oxygens (including phenoxy) is 1. The van der Waals surface area contributed by atoms with E-state index in [2.05, 4.69) is 15.5 Å². The molecule has 2 aromatic rings. The molecule has 1 aliphatic rings. The molecule has 1 aliphatic heterocycles. The van der Waals surface area contributed by atoms with Crippen LogP contribution in [0.2, 0.25) is 0 Å². The highest BCUT2D eigenvalue weighted by molar-refractivity contribution is 8.15. The Balaban J connectivity index is 1.90. The maximum atomic E-state index is 11.3. The lowest BCUT2D eigenvalue weighted by molar-refractivity contribution is -0.116. The summed E-state index contributed by atoms with van der Waals surface area (Å²) in [4.78, 5) is 21.9. The van der Waals surface area contributed by atoms with E-state index in [4.69, 9.17) is 9.15 Å². The summed E-state index contributed by atoms with van der Waals surface area (Å²) in [6.45, 7) is 0. The number of amides is 1. The van der Waals surface area contributed by atoms with Gasteiger partial charge >= 0.3 is 4.94 Å². The van der Waals surface area contributed by atoms with Crippen LogP contribution in [0.1, 0.15) is 5.56 Å². The molecule has 0 unspecified atom stereocenters. The topological polar surface area (TPSA) is 93.3 Å². The van der Waals surface area contributed by atoms with Gasteiger partial charge in [0.15, 0.2) is 16.5 Å². The average molecular weight is 323 g/mol. The van der Waals surface area contributed by atoms with E-state index >= 15 is 0 Å². The van der Waals surface area contributed by atoms with Crippen molar-refractivity contribution in [2.24, 2.45) is 10.2 Å². The van der Waals surface area contributed by atoms with Gasteiger partial charge in [0.2, 0.25) is 5.91 Å². The second-order valence-electron chi connectivity index (χ2n) is 3.99. The monoisotopic (exact) mass is 323 g/mol. The number of carbonyl (C=O) groups is 1. The van der Waals surface area contributed by atoms with E-state index in [1.165, 1.54) is 25.1 Å². The van der Waals surface area contributed by atoms with Crippen molar-refractivity contribution in [3.63, 3.8) is 0 Å². The fourth-order valence-corrected chi connectivity index (χ4v) is 3.09. The number of nitrogens with zero attached hydrogens (tertiary/aromatic N) is 2. The van der Waals surface area contributed by atoms with Gasteiger partial charge in [-0.2, -0.15) is 5.10 Å². The number of hydrogen-bond acceptors (Lipinski definition) is 8. The van der Waals surface area contributed by atoms with Crippen molar-refractivity contribution in [3.8, 4) is 5.75 Å². The third kappa shape index (κ3) is 2.98. The molecule has 1 N–H and O–H groups in total. The second kappa shape index (κ2) is 5.70. The van der Waals surface area contributed by atoms with E-state index in [1.54, 1.807) is 12.1 Å². The van der Waals surface area contributed by atoms with E-state index in [-0.39, 0.29) is 10.8 Å². The molecule has 1 aromatic carbocycles. The highest BCUT2D eigenvalue weighted by Gasteiger charge is 2.16. The molecular formula is C12H9N3O4S2. The standard InChI is InChI=1S/C12H9N3O4S2/c1-18-7-2-6(3-8-10(7)19-12(17)21-8)4-13-15-11-14-9(16)5-20-11/h2-4H,5H2,1H3,(H,14,15,16)/b13-4-. The SMILES string of the molecule is COc1cc(/C=N\N=C2\NC(=O)CS2)cc2sc(=O)oc12. The Morgan fingerprint density at radius 3 is 3.00 bits per heavy atom. The van der Waals surface area contributed by atoms with Gasteiger partial charge in [-0.3, -0.25) is 4.79 Å². The minimum absolute atomic E-state index is 0.0831.